The molecule has 3 heterocycles. The maximum atomic E-state index is 11.6. The molecule has 124 valence electrons. The average Bonchev–Trinajstić information content (AvgIpc) is 3.07. The van der Waals surface area contributed by atoms with Crippen molar-refractivity contribution in [1.82, 2.24) is 24.5 Å². The van der Waals surface area contributed by atoms with Gasteiger partial charge in [-0.2, -0.15) is 0 Å². The highest BCUT2D eigenvalue weighted by molar-refractivity contribution is 5.92. The fourth-order valence-electron chi connectivity index (χ4n) is 3.01. The monoisotopic (exact) mass is 331 g/mol. The molecule has 1 N–H and O–H groups in total. The zero-order valence-electron chi connectivity index (χ0n) is 13.8. The standard InChI is InChI=1S/C19H17N5O/c1-13-12-18(25)23-17(22-13)7-10-24-11-9-21-19(24)15-6-8-20-16-5-3-2-4-14(15)16/h2-6,8-9,11-12H,7,10H2,1H3,(H,22,23,25). The molecule has 0 bridgehead atoms. The third-order valence-electron chi connectivity index (χ3n) is 4.11. The Bertz CT molecular complexity index is 1090. The number of imidazole rings is 1. The molecule has 25 heavy (non-hydrogen) atoms. The lowest BCUT2D eigenvalue weighted by Crippen LogP contribution is -2.13. The van der Waals surface area contributed by atoms with E-state index in [1.165, 1.54) is 6.07 Å². The van der Waals surface area contributed by atoms with Crippen LogP contribution in [0, 0.1) is 6.92 Å². The van der Waals surface area contributed by atoms with Crippen LogP contribution < -0.4 is 5.56 Å². The smallest absolute Gasteiger partial charge is 0.251 e. The molecule has 6 nitrogen and oxygen atoms in total. The second-order valence-corrected chi connectivity index (χ2v) is 5.90. The Morgan fingerprint density at radius 3 is 2.88 bits per heavy atom. The van der Waals surface area contributed by atoms with Crippen molar-refractivity contribution in [2.24, 2.45) is 0 Å². The van der Waals surface area contributed by atoms with E-state index in [0.717, 1.165) is 28.0 Å². The highest BCUT2D eigenvalue weighted by Crippen LogP contribution is 2.26. The summed E-state index contributed by atoms with van der Waals surface area (Å²) in [6.07, 6.45) is 6.16. The van der Waals surface area contributed by atoms with Crippen molar-refractivity contribution in [3.63, 3.8) is 0 Å². The zero-order valence-corrected chi connectivity index (χ0v) is 13.8. The number of rotatable bonds is 4. The first kappa shape index (κ1) is 15.3. The minimum Gasteiger partial charge on any atom is -0.331 e. The van der Waals surface area contributed by atoms with E-state index in [1.54, 1.807) is 12.4 Å². The summed E-state index contributed by atoms with van der Waals surface area (Å²) >= 11 is 0. The second kappa shape index (κ2) is 6.32. The molecule has 4 rings (SSSR count). The number of aryl methyl sites for hydroxylation is 3. The molecule has 3 aromatic heterocycles. The molecule has 0 spiro atoms. The van der Waals surface area contributed by atoms with Gasteiger partial charge in [0.15, 0.2) is 0 Å². The van der Waals surface area contributed by atoms with Crippen molar-refractivity contribution in [2.45, 2.75) is 19.9 Å². The summed E-state index contributed by atoms with van der Waals surface area (Å²) in [7, 11) is 0. The van der Waals surface area contributed by atoms with Crippen LogP contribution in [-0.4, -0.2) is 24.5 Å². The largest absolute Gasteiger partial charge is 0.331 e. The van der Waals surface area contributed by atoms with Crippen molar-refractivity contribution in [3.8, 4) is 11.4 Å². The minimum absolute atomic E-state index is 0.117. The summed E-state index contributed by atoms with van der Waals surface area (Å²) in [6.45, 7) is 2.50. The highest BCUT2D eigenvalue weighted by atomic mass is 16.1. The molecule has 0 amide bonds. The molecule has 1 aromatic carbocycles. The van der Waals surface area contributed by atoms with Crippen LogP contribution in [0.3, 0.4) is 0 Å². The summed E-state index contributed by atoms with van der Waals surface area (Å²) in [5.41, 5.74) is 2.60. The summed E-state index contributed by atoms with van der Waals surface area (Å²) in [6, 6.07) is 11.5. The number of benzene rings is 1. The van der Waals surface area contributed by atoms with Crippen molar-refractivity contribution < 1.29 is 0 Å². The van der Waals surface area contributed by atoms with Gasteiger partial charge in [0.25, 0.3) is 5.56 Å². The maximum absolute atomic E-state index is 11.6. The van der Waals surface area contributed by atoms with Gasteiger partial charge in [-0.25, -0.2) is 9.97 Å². The predicted molar refractivity (Wildman–Crippen MR) is 96.3 cm³/mol. The van der Waals surface area contributed by atoms with Gasteiger partial charge in [-0.05, 0) is 19.1 Å². The van der Waals surface area contributed by atoms with Crippen molar-refractivity contribution in [1.29, 1.82) is 0 Å². The van der Waals surface area contributed by atoms with Gasteiger partial charge in [-0.15, -0.1) is 0 Å². The van der Waals surface area contributed by atoms with Crippen molar-refractivity contribution in [2.75, 3.05) is 0 Å². The number of H-pyrrole nitrogens is 1. The van der Waals surface area contributed by atoms with Crippen LogP contribution in [0.15, 0.2) is 59.8 Å². The second-order valence-electron chi connectivity index (χ2n) is 5.90. The zero-order chi connectivity index (χ0) is 17.2. The Kier molecular flexibility index (Phi) is 3.85. The lowest BCUT2D eigenvalue weighted by Gasteiger charge is -2.10. The van der Waals surface area contributed by atoms with E-state index in [1.807, 2.05) is 37.4 Å². The molecule has 0 aliphatic rings. The number of nitrogens with zero attached hydrogens (tertiary/aromatic N) is 4. The van der Waals surface area contributed by atoms with E-state index in [9.17, 15) is 4.79 Å². The van der Waals surface area contributed by atoms with Crippen LogP contribution in [0.1, 0.15) is 11.5 Å². The number of pyridine rings is 1. The van der Waals surface area contributed by atoms with Crippen molar-refractivity contribution >= 4 is 10.9 Å². The van der Waals surface area contributed by atoms with Crippen LogP contribution in [0.25, 0.3) is 22.3 Å². The Balaban J connectivity index is 1.67. The molecule has 4 aromatic rings. The van der Waals surface area contributed by atoms with Gasteiger partial charge in [-0.3, -0.25) is 9.78 Å². The molecular weight excluding hydrogens is 314 g/mol. The summed E-state index contributed by atoms with van der Waals surface area (Å²) in [5.74, 6) is 1.57. The molecule has 0 atom stereocenters. The van der Waals surface area contributed by atoms with Gasteiger partial charge in [0, 0.05) is 54.3 Å². The Morgan fingerprint density at radius 1 is 1.12 bits per heavy atom. The van der Waals surface area contributed by atoms with Crippen molar-refractivity contribution in [3.05, 3.63) is 76.9 Å². The minimum atomic E-state index is -0.117. The van der Waals surface area contributed by atoms with Crippen LogP contribution in [0.2, 0.25) is 0 Å². The lowest BCUT2D eigenvalue weighted by atomic mass is 10.1. The normalized spacial score (nSPS) is 11.1. The summed E-state index contributed by atoms with van der Waals surface area (Å²) < 4.78 is 2.07. The molecule has 0 aliphatic heterocycles. The third-order valence-corrected chi connectivity index (χ3v) is 4.11. The topological polar surface area (TPSA) is 76.5 Å². The Labute approximate surface area is 144 Å². The first-order chi connectivity index (χ1) is 12.2. The van der Waals surface area contributed by atoms with E-state index in [-0.39, 0.29) is 5.56 Å². The van der Waals surface area contributed by atoms with Gasteiger partial charge in [0.1, 0.15) is 11.6 Å². The van der Waals surface area contributed by atoms with Crippen LogP contribution in [0.5, 0.6) is 0 Å². The Morgan fingerprint density at radius 2 is 2.00 bits per heavy atom. The number of hydrogen-bond donors (Lipinski definition) is 1. The van der Waals surface area contributed by atoms with E-state index in [2.05, 4.69) is 30.6 Å². The molecule has 0 saturated carbocycles. The van der Waals surface area contributed by atoms with E-state index in [4.69, 9.17) is 0 Å². The molecular formula is C19H17N5O. The molecule has 0 fully saturated rings. The first-order valence-electron chi connectivity index (χ1n) is 8.13. The summed E-state index contributed by atoms with van der Waals surface area (Å²) in [5, 5.41) is 1.07. The molecule has 6 heteroatoms. The van der Waals surface area contributed by atoms with E-state index < -0.39 is 0 Å². The molecule has 0 radical (unpaired) electrons. The number of aromatic nitrogens is 5. The van der Waals surface area contributed by atoms with E-state index >= 15 is 0 Å². The maximum Gasteiger partial charge on any atom is 0.251 e. The number of hydrogen-bond acceptors (Lipinski definition) is 4. The Hall–Kier alpha value is -3.28. The molecule has 0 saturated heterocycles. The third kappa shape index (κ3) is 3.06. The fraction of sp³-hybridized carbons (Fsp3) is 0.158. The van der Waals surface area contributed by atoms with Gasteiger partial charge in [0.2, 0.25) is 0 Å². The van der Waals surface area contributed by atoms with Gasteiger partial charge >= 0.3 is 0 Å². The number of para-hydroxylation sites is 1. The number of fused-ring (bicyclic) bond motifs is 1. The predicted octanol–water partition coefficient (Wildman–Crippen LogP) is 2.73. The van der Waals surface area contributed by atoms with Gasteiger partial charge in [-0.1, -0.05) is 18.2 Å². The quantitative estimate of drug-likeness (QED) is 0.624. The fourth-order valence-corrected chi connectivity index (χ4v) is 3.01. The van der Waals surface area contributed by atoms with Gasteiger partial charge < -0.3 is 9.55 Å². The van der Waals surface area contributed by atoms with Gasteiger partial charge in [0.05, 0.1) is 5.52 Å². The van der Waals surface area contributed by atoms with Crippen LogP contribution in [0.4, 0.5) is 0 Å². The number of aromatic amines is 1. The number of nitrogens with one attached hydrogen (secondary N) is 1. The van der Waals surface area contributed by atoms with E-state index in [0.29, 0.717) is 18.8 Å². The lowest BCUT2D eigenvalue weighted by molar-refractivity contribution is 0.673. The molecule has 0 unspecified atom stereocenters. The summed E-state index contributed by atoms with van der Waals surface area (Å²) in [4.78, 5) is 27.7. The SMILES string of the molecule is Cc1cc(=O)[nH]c(CCn2ccnc2-c2ccnc3ccccc23)n1. The first-order valence-corrected chi connectivity index (χ1v) is 8.13. The van der Waals surface area contributed by atoms with Crippen LogP contribution in [-0.2, 0) is 13.0 Å². The van der Waals surface area contributed by atoms with Crippen LogP contribution >= 0.6 is 0 Å². The average molecular weight is 331 g/mol. The highest BCUT2D eigenvalue weighted by Gasteiger charge is 2.10. The molecule has 0 aliphatic carbocycles.